The lowest BCUT2D eigenvalue weighted by molar-refractivity contribution is -0.142. The van der Waals surface area contributed by atoms with E-state index in [-0.39, 0.29) is 29.5 Å². The topological polar surface area (TPSA) is 132 Å². The molecule has 4 aromatic rings. The molecule has 2 aromatic carbocycles. The fourth-order valence-electron chi connectivity index (χ4n) is 3.61. The Balaban J connectivity index is 1.82. The maximum Gasteiger partial charge on any atom is 0.335 e. The first-order valence-electron chi connectivity index (χ1n) is 11.5. The van der Waals surface area contributed by atoms with Gasteiger partial charge in [-0.25, -0.2) is 28.5 Å². The summed E-state index contributed by atoms with van der Waals surface area (Å²) >= 11 is 5.97. The number of aromatic amines is 1. The zero-order valence-corrected chi connectivity index (χ0v) is 21.1. The molecule has 0 fully saturated rings. The van der Waals surface area contributed by atoms with E-state index in [1.807, 2.05) is 0 Å². The summed E-state index contributed by atoms with van der Waals surface area (Å²) in [5.41, 5.74) is -1.02. The first kappa shape index (κ1) is 26.6. The molecule has 0 saturated carbocycles. The lowest BCUT2D eigenvalue weighted by Gasteiger charge is -2.19. The van der Waals surface area contributed by atoms with Gasteiger partial charge in [0.05, 0.1) is 24.2 Å². The first-order valence-corrected chi connectivity index (χ1v) is 11.9. The Hall–Kier alpha value is -4.51. The van der Waals surface area contributed by atoms with Gasteiger partial charge in [-0.3, -0.25) is 14.3 Å². The van der Waals surface area contributed by atoms with Gasteiger partial charge in [0.2, 0.25) is 11.5 Å². The third-order valence-electron chi connectivity index (χ3n) is 5.91. The van der Waals surface area contributed by atoms with Gasteiger partial charge in [0.1, 0.15) is 0 Å². The summed E-state index contributed by atoms with van der Waals surface area (Å²) in [6.45, 7) is 2.84. The van der Waals surface area contributed by atoms with Crippen LogP contribution in [0, 0.1) is 11.7 Å². The van der Waals surface area contributed by atoms with Crippen molar-refractivity contribution in [1.29, 1.82) is 0 Å². The summed E-state index contributed by atoms with van der Waals surface area (Å²) < 4.78 is 22.2. The number of aliphatic carboxylic acids is 1. The van der Waals surface area contributed by atoms with Gasteiger partial charge < -0.3 is 9.84 Å². The number of hydrogen-bond acceptors (Lipinski definition) is 6. The van der Waals surface area contributed by atoms with Crippen LogP contribution in [0.4, 0.5) is 10.1 Å². The molecule has 0 saturated heterocycles. The Labute approximate surface area is 220 Å². The van der Waals surface area contributed by atoms with Gasteiger partial charge in [0.15, 0.2) is 11.6 Å². The number of ether oxygens (including phenoxy) is 1. The molecule has 196 valence electrons. The zero-order chi connectivity index (χ0) is 27.4. The van der Waals surface area contributed by atoms with Crippen molar-refractivity contribution in [3.63, 3.8) is 0 Å². The Morgan fingerprint density at radius 1 is 1.16 bits per heavy atom. The highest BCUT2D eigenvalue weighted by Gasteiger charge is 2.25. The van der Waals surface area contributed by atoms with Crippen molar-refractivity contribution in [2.24, 2.45) is 10.9 Å². The first-order chi connectivity index (χ1) is 18.1. The molecule has 0 amide bonds. The quantitative estimate of drug-likeness (QED) is 0.349. The molecule has 0 aliphatic carbocycles. The predicted molar refractivity (Wildman–Crippen MR) is 137 cm³/mol. The predicted octanol–water partition coefficient (Wildman–Crippen LogP) is 3.88. The maximum atomic E-state index is 14.8. The van der Waals surface area contributed by atoms with E-state index >= 15 is 0 Å². The lowest BCUT2D eigenvalue weighted by atomic mass is 10.0. The number of carbonyl (C=O) groups is 1. The number of halogens is 2. The van der Waals surface area contributed by atoms with Gasteiger partial charge in [-0.15, -0.1) is 0 Å². The Kier molecular flexibility index (Phi) is 7.87. The molecule has 0 radical (unpaired) electrons. The van der Waals surface area contributed by atoms with E-state index in [9.17, 15) is 23.9 Å². The Bertz CT molecular complexity index is 1650. The maximum absolute atomic E-state index is 14.8. The van der Waals surface area contributed by atoms with Crippen molar-refractivity contribution in [3.8, 4) is 11.6 Å². The number of nitrogens with zero attached hydrogens (tertiary/aromatic N) is 4. The van der Waals surface area contributed by atoms with Gasteiger partial charge in [0.25, 0.3) is 0 Å². The van der Waals surface area contributed by atoms with E-state index in [1.165, 1.54) is 36.7 Å². The molecule has 0 bridgehead atoms. The number of H-pyrrole nitrogens is 1. The molecule has 38 heavy (non-hydrogen) atoms. The van der Waals surface area contributed by atoms with Crippen LogP contribution in [0.25, 0.3) is 0 Å². The van der Waals surface area contributed by atoms with Crippen molar-refractivity contribution in [1.82, 2.24) is 19.1 Å². The van der Waals surface area contributed by atoms with E-state index in [0.717, 1.165) is 10.6 Å². The fraction of sp³-hybridized carbons (Fsp3) is 0.192. The van der Waals surface area contributed by atoms with E-state index in [2.05, 4.69) is 15.0 Å². The Morgan fingerprint density at radius 2 is 1.89 bits per heavy atom. The number of carboxylic acid groups (broad SMARTS) is 1. The van der Waals surface area contributed by atoms with Crippen molar-refractivity contribution in [2.45, 2.75) is 26.4 Å². The highest BCUT2D eigenvalue weighted by molar-refractivity contribution is 6.30. The van der Waals surface area contributed by atoms with Crippen LogP contribution >= 0.6 is 11.6 Å². The summed E-state index contributed by atoms with van der Waals surface area (Å²) in [6, 6.07) is 14.6. The van der Waals surface area contributed by atoms with Crippen LogP contribution in [0.15, 0.2) is 81.4 Å². The SMILES string of the molecule is C[C@@H](C(=O)O)[C@H](C)n1c(=O)[nH]/c(=N\c2ccc(Oc3ccccn3)c(F)c2)n(Cc2ccc(Cl)cc2)c1=O. The summed E-state index contributed by atoms with van der Waals surface area (Å²) in [7, 11) is 0. The summed E-state index contributed by atoms with van der Waals surface area (Å²) in [4.78, 5) is 48.8. The fourth-order valence-corrected chi connectivity index (χ4v) is 3.73. The number of rotatable bonds is 8. The minimum absolute atomic E-state index is 0.0247. The van der Waals surface area contributed by atoms with Crippen LogP contribution in [0.2, 0.25) is 5.02 Å². The smallest absolute Gasteiger partial charge is 0.335 e. The molecular formula is C26H23ClFN5O5. The van der Waals surface area contributed by atoms with Gasteiger partial charge >= 0.3 is 17.3 Å². The van der Waals surface area contributed by atoms with Gasteiger partial charge in [-0.2, -0.15) is 0 Å². The largest absolute Gasteiger partial charge is 0.481 e. The molecule has 0 unspecified atom stereocenters. The van der Waals surface area contributed by atoms with Crippen molar-refractivity contribution in [3.05, 3.63) is 110 Å². The molecule has 12 heteroatoms. The minimum atomic E-state index is -1.16. The molecular weight excluding hydrogens is 517 g/mol. The summed E-state index contributed by atoms with van der Waals surface area (Å²) in [5, 5.41) is 9.90. The van der Waals surface area contributed by atoms with Crippen molar-refractivity contribution < 1.29 is 19.0 Å². The molecule has 0 spiro atoms. The number of aromatic nitrogens is 4. The van der Waals surface area contributed by atoms with E-state index in [1.54, 1.807) is 42.5 Å². The van der Waals surface area contributed by atoms with Crippen molar-refractivity contribution in [2.75, 3.05) is 0 Å². The average Bonchev–Trinajstić information content (AvgIpc) is 2.89. The standard InChI is InChI=1S/C26H23ClFN5O5/c1-15(23(34)35)16(2)33-25(36)31-24(32(26(33)37)14-17-6-8-18(27)9-7-17)30-19-10-11-21(20(28)13-19)38-22-5-3-4-12-29-22/h3-13,15-16H,14H2,1-2H3,(H,34,35)(H,30,31,36)/t15-,16+/m1/s1. The third-order valence-corrected chi connectivity index (χ3v) is 6.16. The second-order valence-corrected chi connectivity index (χ2v) is 8.92. The third kappa shape index (κ3) is 5.89. The second-order valence-electron chi connectivity index (χ2n) is 8.48. The van der Waals surface area contributed by atoms with Crippen LogP contribution < -0.4 is 21.7 Å². The molecule has 2 N–H and O–H groups in total. The van der Waals surface area contributed by atoms with Crippen LogP contribution in [-0.2, 0) is 11.3 Å². The summed E-state index contributed by atoms with van der Waals surface area (Å²) in [6.07, 6.45) is 1.51. The highest BCUT2D eigenvalue weighted by atomic mass is 35.5. The normalized spacial score (nSPS) is 13.2. The molecule has 2 heterocycles. The zero-order valence-electron chi connectivity index (χ0n) is 20.3. The molecule has 2 atom stereocenters. The van der Waals surface area contributed by atoms with Crippen LogP contribution in [-0.4, -0.2) is 30.2 Å². The van der Waals surface area contributed by atoms with Gasteiger partial charge in [-0.05, 0) is 49.7 Å². The average molecular weight is 540 g/mol. The van der Waals surface area contributed by atoms with Gasteiger partial charge in [0, 0.05) is 23.4 Å². The monoisotopic (exact) mass is 539 g/mol. The van der Waals surface area contributed by atoms with Gasteiger partial charge in [-0.1, -0.05) is 29.8 Å². The Morgan fingerprint density at radius 3 is 2.53 bits per heavy atom. The molecule has 10 nitrogen and oxygen atoms in total. The number of benzene rings is 2. The van der Waals surface area contributed by atoms with E-state index < -0.39 is 35.1 Å². The van der Waals surface area contributed by atoms with E-state index in [0.29, 0.717) is 10.6 Å². The minimum Gasteiger partial charge on any atom is -0.481 e. The summed E-state index contributed by atoms with van der Waals surface area (Å²) in [5.74, 6) is -2.81. The molecule has 0 aliphatic rings. The number of nitrogens with one attached hydrogen (secondary N) is 1. The molecule has 4 rings (SSSR count). The van der Waals surface area contributed by atoms with Crippen LogP contribution in [0.3, 0.4) is 0 Å². The van der Waals surface area contributed by atoms with E-state index in [4.69, 9.17) is 16.3 Å². The van der Waals surface area contributed by atoms with Crippen molar-refractivity contribution >= 4 is 23.3 Å². The number of carboxylic acids is 1. The highest BCUT2D eigenvalue weighted by Crippen LogP contribution is 2.26. The number of pyridine rings is 1. The lowest BCUT2D eigenvalue weighted by Crippen LogP contribution is -2.52. The second kappa shape index (κ2) is 11.3. The molecule has 2 aromatic heterocycles. The van der Waals surface area contributed by atoms with Crippen LogP contribution in [0.1, 0.15) is 25.5 Å². The molecule has 0 aliphatic heterocycles. The van der Waals surface area contributed by atoms with Crippen LogP contribution in [0.5, 0.6) is 11.6 Å². The number of hydrogen-bond donors (Lipinski definition) is 2.